The first-order valence-electron chi connectivity index (χ1n) is 17.9. The third-order valence-corrected chi connectivity index (χ3v) is 9.49. The standard InChI is InChI=1S/C52H38/c1-8-22-39(23-9-1)46-36-47(51(44-32-18-6-19-33-44)49(40-24-10-2-11-25-40)41-26-12-3-13-27-41)38-48(37-46)52(45-34-20-7-21-35-45)50(42-28-14-4-15-29-42)43-30-16-5-17-31-43/h1-38H. The van der Waals surface area contributed by atoms with E-state index in [0.29, 0.717) is 0 Å². The summed E-state index contributed by atoms with van der Waals surface area (Å²) in [6, 6.07) is 82.9. The predicted molar refractivity (Wildman–Crippen MR) is 221 cm³/mol. The van der Waals surface area contributed by atoms with Gasteiger partial charge in [0.2, 0.25) is 0 Å². The van der Waals surface area contributed by atoms with Crippen LogP contribution in [-0.4, -0.2) is 0 Å². The molecule has 0 unspecified atom stereocenters. The molecule has 0 aliphatic rings. The van der Waals surface area contributed by atoms with Crippen LogP contribution < -0.4 is 0 Å². The van der Waals surface area contributed by atoms with Gasteiger partial charge in [-0.05, 0) is 96.1 Å². The number of benzene rings is 8. The second kappa shape index (κ2) is 15.4. The van der Waals surface area contributed by atoms with Gasteiger partial charge in [0, 0.05) is 0 Å². The quantitative estimate of drug-likeness (QED) is 0.135. The molecular weight excluding hydrogens is 625 g/mol. The molecule has 8 aromatic rings. The van der Waals surface area contributed by atoms with Crippen molar-refractivity contribution in [2.24, 2.45) is 0 Å². The van der Waals surface area contributed by atoms with E-state index in [1.807, 2.05) is 0 Å². The summed E-state index contributed by atoms with van der Waals surface area (Å²) in [5.74, 6) is 0. The first kappa shape index (κ1) is 32.4. The fourth-order valence-corrected chi connectivity index (χ4v) is 7.16. The molecule has 0 spiro atoms. The van der Waals surface area contributed by atoms with Crippen molar-refractivity contribution in [1.82, 2.24) is 0 Å². The van der Waals surface area contributed by atoms with Crippen LogP contribution in [-0.2, 0) is 0 Å². The van der Waals surface area contributed by atoms with Crippen molar-refractivity contribution in [2.75, 3.05) is 0 Å². The first-order chi connectivity index (χ1) is 25.8. The average Bonchev–Trinajstić information content (AvgIpc) is 3.24. The third kappa shape index (κ3) is 6.97. The van der Waals surface area contributed by atoms with Crippen molar-refractivity contribution in [1.29, 1.82) is 0 Å². The summed E-state index contributed by atoms with van der Waals surface area (Å²) in [5.41, 5.74) is 16.4. The summed E-state index contributed by atoms with van der Waals surface area (Å²) in [6.07, 6.45) is 0. The van der Waals surface area contributed by atoms with Crippen LogP contribution in [0.15, 0.2) is 231 Å². The van der Waals surface area contributed by atoms with Crippen LogP contribution in [0.1, 0.15) is 44.5 Å². The highest BCUT2D eigenvalue weighted by Crippen LogP contribution is 2.42. The van der Waals surface area contributed by atoms with Crippen molar-refractivity contribution in [2.45, 2.75) is 0 Å². The third-order valence-electron chi connectivity index (χ3n) is 9.49. The van der Waals surface area contributed by atoms with Crippen LogP contribution in [0.3, 0.4) is 0 Å². The Balaban J connectivity index is 1.54. The molecule has 0 aromatic heterocycles. The fraction of sp³-hybridized carbons (Fsp3) is 0. The maximum atomic E-state index is 2.41. The topological polar surface area (TPSA) is 0 Å². The molecule has 0 saturated heterocycles. The van der Waals surface area contributed by atoms with Crippen LogP contribution in [0.4, 0.5) is 0 Å². The lowest BCUT2D eigenvalue weighted by molar-refractivity contribution is 1.46. The summed E-state index contributed by atoms with van der Waals surface area (Å²) in [4.78, 5) is 0. The van der Waals surface area contributed by atoms with Crippen molar-refractivity contribution < 1.29 is 0 Å². The lowest BCUT2D eigenvalue weighted by atomic mass is 9.81. The zero-order valence-corrected chi connectivity index (χ0v) is 28.9. The molecule has 0 saturated carbocycles. The molecule has 0 heterocycles. The molecule has 0 aliphatic heterocycles. The molecule has 0 nitrogen and oxygen atoms in total. The Hall–Kier alpha value is -6.76. The minimum Gasteiger partial charge on any atom is -0.0622 e. The summed E-state index contributed by atoms with van der Waals surface area (Å²) in [7, 11) is 0. The van der Waals surface area contributed by atoms with Gasteiger partial charge >= 0.3 is 0 Å². The molecule has 0 fully saturated rings. The molecule has 0 amide bonds. The molecule has 0 atom stereocenters. The van der Waals surface area contributed by atoms with E-state index in [-0.39, 0.29) is 0 Å². The van der Waals surface area contributed by atoms with Gasteiger partial charge < -0.3 is 0 Å². The minimum absolute atomic E-state index is 1.15. The smallest absolute Gasteiger partial charge is 0.00264 e. The normalized spacial score (nSPS) is 10.7. The van der Waals surface area contributed by atoms with Gasteiger partial charge in [0.15, 0.2) is 0 Å². The molecule has 8 aromatic carbocycles. The lowest BCUT2D eigenvalue weighted by Gasteiger charge is -2.22. The summed E-state index contributed by atoms with van der Waals surface area (Å²) in [5, 5.41) is 0. The van der Waals surface area contributed by atoms with Gasteiger partial charge in [-0.25, -0.2) is 0 Å². The van der Waals surface area contributed by atoms with Gasteiger partial charge in [-0.2, -0.15) is 0 Å². The van der Waals surface area contributed by atoms with Crippen LogP contribution in [0.25, 0.3) is 33.4 Å². The monoisotopic (exact) mass is 662 g/mol. The first-order valence-corrected chi connectivity index (χ1v) is 17.9. The van der Waals surface area contributed by atoms with E-state index in [1.54, 1.807) is 0 Å². The molecule has 0 heteroatoms. The maximum absolute atomic E-state index is 2.41. The van der Waals surface area contributed by atoms with Gasteiger partial charge in [0.1, 0.15) is 0 Å². The van der Waals surface area contributed by atoms with Crippen LogP contribution in [0.5, 0.6) is 0 Å². The highest BCUT2D eigenvalue weighted by molar-refractivity contribution is 6.08. The molecule has 0 radical (unpaired) electrons. The molecule has 8 rings (SSSR count). The maximum Gasteiger partial charge on any atom is -0.00264 e. The number of rotatable bonds is 9. The Bertz CT molecular complexity index is 2190. The summed E-state index contributed by atoms with van der Waals surface area (Å²) < 4.78 is 0. The number of hydrogen-bond donors (Lipinski definition) is 0. The molecular formula is C52H38. The Labute approximate surface area is 307 Å². The van der Waals surface area contributed by atoms with E-state index in [4.69, 9.17) is 0 Å². The zero-order valence-electron chi connectivity index (χ0n) is 28.9. The minimum atomic E-state index is 1.15. The second-order valence-corrected chi connectivity index (χ2v) is 12.9. The van der Waals surface area contributed by atoms with Gasteiger partial charge in [-0.1, -0.05) is 212 Å². The van der Waals surface area contributed by atoms with Crippen LogP contribution >= 0.6 is 0 Å². The Morgan fingerprint density at radius 1 is 0.173 bits per heavy atom. The van der Waals surface area contributed by atoms with E-state index < -0.39 is 0 Å². The summed E-state index contributed by atoms with van der Waals surface area (Å²) >= 11 is 0. The van der Waals surface area contributed by atoms with Gasteiger partial charge in [-0.15, -0.1) is 0 Å². The SMILES string of the molecule is c1ccc(C(=C(c2ccccc2)c2cc(C(=C(c3ccccc3)c3ccccc3)c3ccccc3)cc(-c3ccccc3)c2)c2ccccc2)cc1. The van der Waals surface area contributed by atoms with E-state index >= 15 is 0 Å². The number of hydrogen-bond acceptors (Lipinski definition) is 0. The fourth-order valence-electron chi connectivity index (χ4n) is 7.16. The van der Waals surface area contributed by atoms with Gasteiger partial charge in [-0.3, -0.25) is 0 Å². The largest absolute Gasteiger partial charge is 0.0622 e. The summed E-state index contributed by atoms with van der Waals surface area (Å²) in [6.45, 7) is 0. The molecule has 0 N–H and O–H groups in total. The van der Waals surface area contributed by atoms with E-state index in [9.17, 15) is 0 Å². The van der Waals surface area contributed by atoms with E-state index in [0.717, 1.165) is 27.8 Å². The van der Waals surface area contributed by atoms with Crippen molar-refractivity contribution in [3.05, 3.63) is 275 Å². The Kier molecular flexibility index (Phi) is 9.62. The van der Waals surface area contributed by atoms with Crippen molar-refractivity contribution >= 4 is 22.3 Å². The predicted octanol–water partition coefficient (Wildman–Crippen LogP) is 13.4. The van der Waals surface area contributed by atoms with Crippen molar-refractivity contribution in [3.8, 4) is 11.1 Å². The highest BCUT2D eigenvalue weighted by Gasteiger charge is 2.21. The van der Waals surface area contributed by atoms with Gasteiger partial charge in [0.05, 0.1) is 0 Å². The Morgan fingerprint density at radius 3 is 0.635 bits per heavy atom. The molecule has 52 heavy (non-hydrogen) atoms. The van der Waals surface area contributed by atoms with Crippen LogP contribution in [0, 0.1) is 0 Å². The highest BCUT2D eigenvalue weighted by atomic mass is 14.2. The van der Waals surface area contributed by atoms with Crippen LogP contribution in [0.2, 0.25) is 0 Å². The zero-order chi connectivity index (χ0) is 35.0. The molecule has 0 aliphatic carbocycles. The molecule has 0 bridgehead atoms. The van der Waals surface area contributed by atoms with E-state index in [1.165, 1.54) is 50.1 Å². The average molecular weight is 663 g/mol. The second-order valence-electron chi connectivity index (χ2n) is 12.9. The Morgan fingerprint density at radius 2 is 0.385 bits per heavy atom. The van der Waals surface area contributed by atoms with Gasteiger partial charge in [0.25, 0.3) is 0 Å². The molecule has 246 valence electrons. The van der Waals surface area contributed by atoms with E-state index in [2.05, 4.69) is 231 Å². The lowest BCUT2D eigenvalue weighted by Crippen LogP contribution is -2.01. The van der Waals surface area contributed by atoms with Crippen molar-refractivity contribution in [3.63, 3.8) is 0 Å².